The van der Waals surface area contributed by atoms with E-state index >= 15 is 0 Å². The van der Waals surface area contributed by atoms with Gasteiger partial charge in [0.25, 0.3) is 0 Å². The Bertz CT molecular complexity index is 389. The highest BCUT2D eigenvalue weighted by Gasteiger charge is 2.26. The molecule has 1 aromatic carbocycles. The summed E-state index contributed by atoms with van der Waals surface area (Å²) in [5, 5.41) is 3.55. The first-order valence-corrected chi connectivity index (χ1v) is 7.21. The number of hydrogen-bond acceptors (Lipinski definition) is 1. The third kappa shape index (κ3) is 3.11. The molecule has 100 valence electrons. The maximum absolute atomic E-state index is 14.1. The first-order valence-electron chi connectivity index (χ1n) is 7.21. The van der Waals surface area contributed by atoms with Gasteiger partial charge in [-0.15, -0.1) is 0 Å². The van der Waals surface area contributed by atoms with Crippen LogP contribution in [0.25, 0.3) is 0 Å². The van der Waals surface area contributed by atoms with Crippen molar-refractivity contribution in [1.29, 1.82) is 0 Å². The Balaban J connectivity index is 2.28. The van der Waals surface area contributed by atoms with Crippen molar-refractivity contribution in [2.24, 2.45) is 0 Å². The van der Waals surface area contributed by atoms with Crippen LogP contribution in [0, 0.1) is 12.7 Å². The van der Waals surface area contributed by atoms with Gasteiger partial charge in [-0.25, -0.2) is 4.39 Å². The monoisotopic (exact) mass is 249 g/mol. The second kappa shape index (κ2) is 6.33. The summed E-state index contributed by atoms with van der Waals surface area (Å²) in [6.07, 6.45) is 6.05. The van der Waals surface area contributed by atoms with Crippen molar-refractivity contribution in [2.45, 2.75) is 57.9 Å². The van der Waals surface area contributed by atoms with Gasteiger partial charge >= 0.3 is 0 Å². The van der Waals surface area contributed by atoms with Crippen LogP contribution in [0.15, 0.2) is 18.2 Å². The molecular weight excluding hydrogens is 225 g/mol. The lowest BCUT2D eigenvalue weighted by Gasteiger charge is -2.27. The van der Waals surface area contributed by atoms with Gasteiger partial charge in [-0.1, -0.05) is 43.9 Å². The summed E-state index contributed by atoms with van der Waals surface area (Å²) < 4.78 is 14.1. The van der Waals surface area contributed by atoms with Crippen molar-refractivity contribution in [3.63, 3.8) is 0 Å². The maximum atomic E-state index is 14.1. The first-order chi connectivity index (χ1) is 8.72. The maximum Gasteiger partial charge on any atom is 0.126 e. The minimum Gasteiger partial charge on any atom is -0.314 e. The molecule has 2 unspecified atom stereocenters. The van der Waals surface area contributed by atoms with Crippen LogP contribution in [0.2, 0.25) is 0 Å². The van der Waals surface area contributed by atoms with E-state index in [0.717, 1.165) is 24.1 Å². The fourth-order valence-corrected chi connectivity index (χ4v) is 3.13. The van der Waals surface area contributed by atoms with Gasteiger partial charge in [-0.3, -0.25) is 0 Å². The van der Waals surface area contributed by atoms with Crippen LogP contribution in [-0.4, -0.2) is 12.6 Å². The number of aryl methyl sites for hydroxylation is 1. The highest BCUT2D eigenvalue weighted by Crippen LogP contribution is 2.33. The standard InChI is InChI=1S/C16H24FN/c1-3-18-16-8-6-4-5-7-13(16)14-11-12(2)9-10-15(14)17/h9-11,13,16,18H,3-8H2,1-2H3. The topological polar surface area (TPSA) is 12.0 Å². The van der Waals surface area contributed by atoms with Gasteiger partial charge in [-0.2, -0.15) is 0 Å². The molecule has 0 heterocycles. The van der Waals surface area contributed by atoms with E-state index in [9.17, 15) is 4.39 Å². The number of benzene rings is 1. The molecule has 0 amide bonds. The zero-order valence-corrected chi connectivity index (χ0v) is 11.5. The Kier molecular flexibility index (Phi) is 4.76. The van der Waals surface area contributed by atoms with Gasteiger partial charge in [0.15, 0.2) is 0 Å². The van der Waals surface area contributed by atoms with Crippen LogP contribution in [0.3, 0.4) is 0 Å². The zero-order valence-electron chi connectivity index (χ0n) is 11.5. The predicted molar refractivity (Wildman–Crippen MR) is 74.4 cm³/mol. The highest BCUT2D eigenvalue weighted by atomic mass is 19.1. The van der Waals surface area contributed by atoms with E-state index in [1.165, 1.54) is 25.7 Å². The summed E-state index contributed by atoms with van der Waals surface area (Å²) in [6.45, 7) is 5.14. The Labute approximate surface area is 110 Å². The number of halogens is 1. The lowest BCUT2D eigenvalue weighted by molar-refractivity contribution is 0.408. The third-order valence-electron chi connectivity index (χ3n) is 4.03. The van der Waals surface area contributed by atoms with Gasteiger partial charge in [0.1, 0.15) is 5.82 Å². The van der Waals surface area contributed by atoms with Gasteiger partial charge < -0.3 is 5.32 Å². The number of rotatable bonds is 3. The SMILES string of the molecule is CCNC1CCCCCC1c1cc(C)ccc1F. The van der Waals surface area contributed by atoms with Crippen molar-refractivity contribution in [3.8, 4) is 0 Å². The van der Waals surface area contributed by atoms with Gasteiger partial charge in [0.05, 0.1) is 0 Å². The fourth-order valence-electron chi connectivity index (χ4n) is 3.13. The number of hydrogen-bond donors (Lipinski definition) is 1. The molecular formula is C16H24FN. The summed E-state index contributed by atoms with van der Waals surface area (Å²) in [7, 11) is 0. The van der Waals surface area contributed by atoms with Crippen LogP contribution in [0.5, 0.6) is 0 Å². The quantitative estimate of drug-likeness (QED) is 0.793. The molecule has 1 N–H and O–H groups in total. The molecule has 0 bridgehead atoms. The van der Waals surface area contributed by atoms with Crippen molar-refractivity contribution in [2.75, 3.05) is 6.54 Å². The third-order valence-corrected chi connectivity index (χ3v) is 4.03. The Morgan fingerprint density at radius 1 is 1.22 bits per heavy atom. The minimum absolute atomic E-state index is 0.0320. The molecule has 1 nitrogen and oxygen atoms in total. The number of likely N-dealkylation sites (N-methyl/N-ethyl adjacent to an activating group) is 1. The molecule has 2 rings (SSSR count). The Morgan fingerprint density at radius 2 is 2.00 bits per heavy atom. The van der Waals surface area contributed by atoms with E-state index in [1.54, 1.807) is 6.07 Å². The molecule has 1 aliphatic rings. The molecule has 0 aromatic heterocycles. The lowest BCUT2D eigenvalue weighted by Crippen LogP contribution is -2.34. The van der Waals surface area contributed by atoms with Crippen molar-refractivity contribution in [1.82, 2.24) is 5.32 Å². The molecule has 2 heteroatoms. The zero-order chi connectivity index (χ0) is 13.0. The van der Waals surface area contributed by atoms with Gasteiger partial charge in [-0.05, 0) is 37.9 Å². The van der Waals surface area contributed by atoms with E-state index in [2.05, 4.69) is 12.2 Å². The largest absolute Gasteiger partial charge is 0.314 e. The molecule has 0 spiro atoms. The molecule has 2 atom stereocenters. The second-order valence-corrected chi connectivity index (χ2v) is 5.43. The van der Waals surface area contributed by atoms with Crippen molar-refractivity contribution in [3.05, 3.63) is 35.1 Å². The van der Waals surface area contributed by atoms with E-state index in [1.807, 2.05) is 19.1 Å². The van der Waals surface area contributed by atoms with Gasteiger partial charge in [0.2, 0.25) is 0 Å². The van der Waals surface area contributed by atoms with Crippen LogP contribution in [-0.2, 0) is 0 Å². The highest BCUT2D eigenvalue weighted by molar-refractivity contribution is 5.28. The summed E-state index contributed by atoms with van der Waals surface area (Å²) in [5.41, 5.74) is 2.08. The second-order valence-electron chi connectivity index (χ2n) is 5.43. The molecule has 18 heavy (non-hydrogen) atoms. The van der Waals surface area contributed by atoms with Crippen LogP contribution < -0.4 is 5.32 Å². The van der Waals surface area contributed by atoms with E-state index in [0.29, 0.717) is 12.0 Å². The molecule has 1 aliphatic carbocycles. The van der Waals surface area contributed by atoms with Crippen LogP contribution in [0.1, 0.15) is 56.1 Å². The minimum atomic E-state index is -0.0320. The molecule has 0 radical (unpaired) electrons. The fraction of sp³-hybridized carbons (Fsp3) is 0.625. The normalized spacial score (nSPS) is 24.8. The summed E-state index contributed by atoms with van der Waals surface area (Å²) in [6, 6.07) is 5.96. The van der Waals surface area contributed by atoms with Crippen LogP contribution in [0.4, 0.5) is 4.39 Å². The van der Waals surface area contributed by atoms with E-state index in [-0.39, 0.29) is 5.82 Å². The Morgan fingerprint density at radius 3 is 2.78 bits per heavy atom. The summed E-state index contributed by atoms with van der Waals surface area (Å²) >= 11 is 0. The Hall–Kier alpha value is -0.890. The smallest absolute Gasteiger partial charge is 0.126 e. The van der Waals surface area contributed by atoms with E-state index < -0.39 is 0 Å². The lowest BCUT2D eigenvalue weighted by atomic mass is 9.86. The predicted octanol–water partition coefficient (Wildman–Crippen LogP) is 4.16. The van der Waals surface area contributed by atoms with Gasteiger partial charge in [0, 0.05) is 12.0 Å². The average Bonchev–Trinajstić information content (AvgIpc) is 2.58. The van der Waals surface area contributed by atoms with Crippen LogP contribution >= 0.6 is 0 Å². The molecule has 0 aliphatic heterocycles. The molecule has 1 fully saturated rings. The number of nitrogens with one attached hydrogen (secondary N) is 1. The summed E-state index contributed by atoms with van der Waals surface area (Å²) in [5.74, 6) is 0.308. The first kappa shape index (κ1) is 13.5. The summed E-state index contributed by atoms with van der Waals surface area (Å²) in [4.78, 5) is 0. The molecule has 0 saturated heterocycles. The van der Waals surface area contributed by atoms with E-state index in [4.69, 9.17) is 0 Å². The van der Waals surface area contributed by atoms with Crippen molar-refractivity contribution >= 4 is 0 Å². The average molecular weight is 249 g/mol. The molecule has 1 saturated carbocycles. The molecule has 1 aromatic rings. The van der Waals surface area contributed by atoms with Crippen molar-refractivity contribution < 1.29 is 4.39 Å².